The minimum atomic E-state index is -0.00261. The van der Waals surface area contributed by atoms with Gasteiger partial charge in [0.2, 0.25) is 0 Å². The van der Waals surface area contributed by atoms with Crippen molar-refractivity contribution in [3.63, 3.8) is 0 Å². The average molecular weight is 283 g/mol. The zero-order chi connectivity index (χ0) is 15.2. The zero-order valence-electron chi connectivity index (χ0n) is 12.5. The van der Waals surface area contributed by atoms with Crippen molar-refractivity contribution in [3.8, 4) is 0 Å². The number of hydrogen-bond donors (Lipinski definition) is 1. The normalized spacial score (nSPS) is 10.4. The molecule has 0 radical (unpaired) electrons. The molecule has 0 spiro atoms. The van der Waals surface area contributed by atoms with E-state index < -0.39 is 0 Å². The third-order valence-electron chi connectivity index (χ3n) is 3.30. The summed E-state index contributed by atoms with van der Waals surface area (Å²) in [4.78, 5) is 18.6. The van der Waals surface area contributed by atoms with Crippen LogP contribution in [0.4, 0.5) is 0 Å². The highest BCUT2D eigenvalue weighted by Gasteiger charge is 2.13. The van der Waals surface area contributed by atoms with E-state index >= 15 is 0 Å². The van der Waals surface area contributed by atoms with Crippen LogP contribution in [0.25, 0.3) is 0 Å². The third kappa shape index (κ3) is 4.13. The van der Waals surface area contributed by atoms with Crippen LogP contribution in [0.5, 0.6) is 0 Å². The molecule has 0 fully saturated rings. The number of aromatic nitrogens is 1. The van der Waals surface area contributed by atoms with Gasteiger partial charge in [0.05, 0.1) is 12.2 Å². The number of amides is 1. The molecule has 2 rings (SSSR count). The number of carbonyl (C=O) groups excluding carboxylic acids is 1. The molecule has 0 atom stereocenters. The molecule has 0 aliphatic heterocycles. The molecule has 110 valence electrons. The molecule has 0 aliphatic rings. The topological polar surface area (TPSA) is 59.2 Å². The highest BCUT2D eigenvalue weighted by atomic mass is 16.2. The summed E-state index contributed by atoms with van der Waals surface area (Å²) in [5.74, 6) is -0.00261. The minimum Gasteiger partial charge on any atom is -0.336 e. The first-order chi connectivity index (χ1) is 10.1. The molecule has 1 aromatic carbocycles. The SMILES string of the molecule is Cc1cccc(CN(C)C(=O)c2cccc(CCN)c2)n1. The van der Waals surface area contributed by atoms with Crippen LogP contribution >= 0.6 is 0 Å². The molecule has 1 aromatic heterocycles. The molecular weight excluding hydrogens is 262 g/mol. The Balaban J connectivity index is 2.10. The zero-order valence-corrected chi connectivity index (χ0v) is 12.5. The fraction of sp³-hybridized carbons (Fsp3) is 0.294. The second kappa shape index (κ2) is 6.99. The van der Waals surface area contributed by atoms with Crippen LogP contribution in [0.2, 0.25) is 0 Å². The third-order valence-corrected chi connectivity index (χ3v) is 3.30. The second-order valence-corrected chi connectivity index (χ2v) is 5.17. The van der Waals surface area contributed by atoms with Gasteiger partial charge >= 0.3 is 0 Å². The standard InChI is InChI=1S/C17H21N3O/c1-13-5-3-8-16(19-13)12-20(2)17(21)15-7-4-6-14(11-15)9-10-18/h3-8,11H,9-10,12,18H2,1-2H3. The Kier molecular flexibility index (Phi) is 5.06. The van der Waals surface area contributed by atoms with Crippen LogP contribution in [0.15, 0.2) is 42.5 Å². The van der Waals surface area contributed by atoms with Gasteiger partial charge in [-0.1, -0.05) is 18.2 Å². The summed E-state index contributed by atoms with van der Waals surface area (Å²) in [5.41, 5.74) is 9.19. The van der Waals surface area contributed by atoms with Gasteiger partial charge < -0.3 is 10.6 Å². The van der Waals surface area contributed by atoms with E-state index in [0.29, 0.717) is 18.7 Å². The number of pyridine rings is 1. The number of hydrogen-bond acceptors (Lipinski definition) is 3. The monoisotopic (exact) mass is 283 g/mol. The van der Waals surface area contributed by atoms with Gasteiger partial charge in [-0.25, -0.2) is 0 Å². The lowest BCUT2D eigenvalue weighted by Gasteiger charge is -2.17. The molecule has 1 amide bonds. The van der Waals surface area contributed by atoms with Crippen LogP contribution in [0.1, 0.15) is 27.3 Å². The first-order valence-electron chi connectivity index (χ1n) is 7.07. The largest absolute Gasteiger partial charge is 0.336 e. The molecule has 0 saturated heterocycles. The number of benzene rings is 1. The van der Waals surface area contributed by atoms with Crippen molar-refractivity contribution in [1.29, 1.82) is 0 Å². The lowest BCUT2D eigenvalue weighted by molar-refractivity contribution is 0.0783. The summed E-state index contributed by atoms with van der Waals surface area (Å²) in [6, 6.07) is 13.5. The Morgan fingerprint density at radius 3 is 2.71 bits per heavy atom. The number of aryl methyl sites for hydroxylation is 1. The van der Waals surface area contributed by atoms with Gasteiger partial charge in [-0.2, -0.15) is 0 Å². The Morgan fingerprint density at radius 2 is 2.00 bits per heavy atom. The maximum atomic E-state index is 12.5. The number of nitrogens with two attached hydrogens (primary N) is 1. The van der Waals surface area contributed by atoms with E-state index in [1.807, 2.05) is 49.4 Å². The molecule has 0 aliphatic carbocycles. The fourth-order valence-corrected chi connectivity index (χ4v) is 2.25. The van der Waals surface area contributed by atoms with Crippen molar-refractivity contribution >= 4 is 5.91 Å². The van der Waals surface area contributed by atoms with E-state index in [9.17, 15) is 4.79 Å². The molecule has 0 unspecified atom stereocenters. The van der Waals surface area contributed by atoms with Crippen LogP contribution in [0, 0.1) is 6.92 Å². The lowest BCUT2D eigenvalue weighted by Crippen LogP contribution is -2.26. The molecule has 4 heteroatoms. The molecule has 0 saturated carbocycles. The van der Waals surface area contributed by atoms with E-state index in [1.54, 1.807) is 11.9 Å². The molecule has 2 N–H and O–H groups in total. The van der Waals surface area contributed by atoms with Gasteiger partial charge in [-0.3, -0.25) is 9.78 Å². The molecule has 2 aromatic rings. The summed E-state index contributed by atoms with van der Waals surface area (Å²) in [6.45, 7) is 3.03. The van der Waals surface area contributed by atoms with Crippen molar-refractivity contribution in [2.24, 2.45) is 5.73 Å². The molecular formula is C17H21N3O. The summed E-state index contributed by atoms with van der Waals surface area (Å²) < 4.78 is 0. The van der Waals surface area contributed by atoms with Gasteiger partial charge in [0, 0.05) is 18.3 Å². The van der Waals surface area contributed by atoms with Crippen LogP contribution in [0.3, 0.4) is 0 Å². The Labute approximate surface area is 125 Å². The van der Waals surface area contributed by atoms with Crippen LogP contribution in [-0.2, 0) is 13.0 Å². The Morgan fingerprint density at radius 1 is 1.24 bits per heavy atom. The first-order valence-corrected chi connectivity index (χ1v) is 7.07. The number of rotatable bonds is 5. The van der Waals surface area contributed by atoms with Gasteiger partial charge in [0.1, 0.15) is 0 Å². The van der Waals surface area contributed by atoms with Crippen molar-refractivity contribution < 1.29 is 4.79 Å². The number of carbonyl (C=O) groups is 1. The smallest absolute Gasteiger partial charge is 0.253 e. The van der Waals surface area contributed by atoms with Gasteiger partial charge in [0.15, 0.2) is 0 Å². The van der Waals surface area contributed by atoms with E-state index in [-0.39, 0.29) is 5.91 Å². The van der Waals surface area contributed by atoms with Crippen molar-refractivity contribution in [3.05, 3.63) is 65.0 Å². The highest BCUT2D eigenvalue weighted by molar-refractivity contribution is 5.94. The predicted molar refractivity (Wildman–Crippen MR) is 84.0 cm³/mol. The summed E-state index contributed by atoms with van der Waals surface area (Å²) in [6.07, 6.45) is 0.782. The minimum absolute atomic E-state index is 0.00261. The quantitative estimate of drug-likeness (QED) is 0.915. The van der Waals surface area contributed by atoms with Crippen LogP contribution < -0.4 is 5.73 Å². The van der Waals surface area contributed by atoms with Gasteiger partial charge in [0.25, 0.3) is 5.91 Å². The lowest BCUT2D eigenvalue weighted by atomic mass is 10.1. The summed E-state index contributed by atoms with van der Waals surface area (Å²) in [7, 11) is 1.79. The Hall–Kier alpha value is -2.20. The van der Waals surface area contributed by atoms with E-state index in [1.165, 1.54) is 0 Å². The average Bonchev–Trinajstić information content (AvgIpc) is 2.47. The summed E-state index contributed by atoms with van der Waals surface area (Å²) in [5, 5.41) is 0. The Bertz CT molecular complexity index is 625. The molecule has 4 nitrogen and oxygen atoms in total. The molecule has 1 heterocycles. The van der Waals surface area contributed by atoms with Crippen molar-refractivity contribution in [2.75, 3.05) is 13.6 Å². The maximum absolute atomic E-state index is 12.5. The molecule has 0 bridgehead atoms. The first kappa shape index (κ1) is 15.2. The fourth-order valence-electron chi connectivity index (χ4n) is 2.25. The summed E-state index contributed by atoms with van der Waals surface area (Å²) >= 11 is 0. The van der Waals surface area contributed by atoms with Crippen LogP contribution in [-0.4, -0.2) is 29.4 Å². The van der Waals surface area contributed by atoms with E-state index in [0.717, 1.165) is 23.4 Å². The number of nitrogens with zero attached hydrogens (tertiary/aromatic N) is 2. The van der Waals surface area contributed by atoms with E-state index in [4.69, 9.17) is 5.73 Å². The second-order valence-electron chi connectivity index (χ2n) is 5.17. The predicted octanol–water partition coefficient (Wildman–Crippen LogP) is 2.16. The van der Waals surface area contributed by atoms with Gasteiger partial charge in [-0.15, -0.1) is 0 Å². The van der Waals surface area contributed by atoms with Crippen molar-refractivity contribution in [2.45, 2.75) is 19.9 Å². The van der Waals surface area contributed by atoms with Gasteiger partial charge in [-0.05, 0) is 49.7 Å². The molecule has 21 heavy (non-hydrogen) atoms. The van der Waals surface area contributed by atoms with Crippen molar-refractivity contribution in [1.82, 2.24) is 9.88 Å². The van der Waals surface area contributed by atoms with E-state index in [2.05, 4.69) is 4.98 Å². The maximum Gasteiger partial charge on any atom is 0.253 e. The highest BCUT2D eigenvalue weighted by Crippen LogP contribution is 2.10.